The fourth-order valence-electron chi connectivity index (χ4n) is 6.14. The van der Waals surface area contributed by atoms with Crippen molar-refractivity contribution < 1.29 is 48.3 Å². The van der Waals surface area contributed by atoms with E-state index in [0.717, 1.165) is 0 Å². The zero-order chi connectivity index (χ0) is 27.0. The van der Waals surface area contributed by atoms with Gasteiger partial charge in [0.1, 0.15) is 18.3 Å². The first-order valence-electron chi connectivity index (χ1n) is 12.2. The molecule has 8 unspecified atom stereocenters. The highest BCUT2D eigenvalue weighted by Crippen LogP contribution is 2.56. The number of aliphatic hydroxyl groups is 2. The van der Waals surface area contributed by atoms with Gasteiger partial charge in [0, 0.05) is 26.7 Å². The van der Waals surface area contributed by atoms with Crippen LogP contribution in [0, 0.1) is 17.3 Å². The molecule has 8 atom stereocenters. The molecule has 0 spiro atoms. The minimum atomic E-state index is -2.05. The molecule has 1 heterocycles. The van der Waals surface area contributed by atoms with Gasteiger partial charge in [-0.3, -0.25) is 19.2 Å². The van der Waals surface area contributed by atoms with E-state index in [0.29, 0.717) is 24.0 Å². The van der Waals surface area contributed by atoms with Crippen LogP contribution in [0.2, 0.25) is 0 Å². The van der Waals surface area contributed by atoms with Gasteiger partial charge in [-0.1, -0.05) is 19.1 Å². The summed E-state index contributed by atoms with van der Waals surface area (Å²) in [5.41, 5.74) is -2.22. The first kappa shape index (κ1) is 27.9. The standard InChI is InChI=1S/C26H36O10/c1-13-7-9-19(33-15(3)28)25(6)20(34-16(4)29)10-8-18(12-27)11-21-26(32,14(2)24(31)36-21)23(22(13)25)35-17(5)30/h11,14,19-23,27,32H,1,7-10,12H2,2-6H3. The second-order valence-electron chi connectivity index (χ2n) is 10.3. The van der Waals surface area contributed by atoms with E-state index in [2.05, 4.69) is 6.58 Å². The van der Waals surface area contributed by atoms with Crippen LogP contribution in [0.25, 0.3) is 0 Å². The summed E-state index contributed by atoms with van der Waals surface area (Å²) in [5, 5.41) is 22.2. The summed E-state index contributed by atoms with van der Waals surface area (Å²) in [4.78, 5) is 49.5. The van der Waals surface area contributed by atoms with Gasteiger partial charge in [-0.25, -0.2) is 0 Å². The molecule has 2 fully saturated rings. The molecule has 0 aromatic carbocycles. The molecule has 1 saturated heterocycles. The Morgan fingerprint density at radius 2 is 1.58 bits per heavy atom. The second-order valence-corrected chi connectivity index (χ2v) is 10.3. The first-order chi connectivity index (χ1) is 16.8. The highest BCUT2D eigenvalue weighted by molar-refractivity contribution is 5.78. The maximum Gasteiger partial charge on any atom is 0.312 e. The van der Waals surface area contributed by atoms with Crippen LogP contribution in [0.1, 0.15) is 60.3 Å². The van der Waals surface area contributed by atoms with E-state index in [9.17, 15) is 29.4 Å². The number of carbonyl (C=O) groups excluding carboxylic acids is 4. The molecule has 10 nitrogen and oxygen atoms in total. The molecule has 36 heavy (non-hydrogen) atoms. The molecule has 0 bridgehead atoms. The Hall–Kier alpha value is -2.72. The van der Waals surface area contributed by atoms with Gasteiger partial charge < -0.3 is 29.2 Å². The smallest absolute Gasteiger partial charge is 0.312 e. The molecule has 3 rings (SSSR count). The molecular formula is C26H36O10. The average molecular weight is 509 g/mol. The summed E-state index contributed by atoms with van der Waals surface area (Å²) in [6, 6.07) is 0. The minimum Gasteiger partial charge on any atom is -0.462 e. The summed E-state index contributed by atoms with van der Waals surface area (Å²) in [6.07, 6.45) is -1.56. The molecule has 1 aliphatic heterocycles. The molecule has 200 valence electrons. The van der Waals surface area contributed by atoms with E-state index >= 15 is 0 Å². The minimum absolute atomic E-state index is 0.228. The van der Waals surface area contributed by atoms with Gasteiger partial charge in [0.25, 0.3) is 0 Å². The number of carbonyl (C=O) groups is 4. The Bertz CT molecular complexity index is 970. The number of esters is 4. The normalized spacial score (nSPS) is 38.6. The van der Waals surface area contributed by atoms with Crippen LogP contribution >= 0.6 is 0 Å². The van der Waals surface area contributed by atoms with E-state index < -0.39 is 77.8 Å². The Morgan fingerprint density at radius 3 is 2.08 bits per heavy atom. The molecule has 2 N–H and O–H groups in total. The molecule has 0 amide bonds. The van der Waals surface area contributed by atoms with Crippen molar-refractivity contribution in [3.05, 3.63) is 23.8 Å². The number of rotatable bonds is 4. The van der Waals surface area contributed by atoms with Crippen molar-refractivity contribution in [3.8, 4) is 0 Å². The molecule has 0 aromatic heterocycles. The van der Waals surface area contributed by atoms with Crippen molar-refractivity contribution in [2.24, 2.45) is 17.3 Å². The highest BCUT2D eigenvalue weighted by Gasteiger charge is 2.67. The van der Waals surface area contributed by atoms with Gasteiger partial charge in [0.05, 0.1) is 17.9 Å². The van der Waals surface area contributed by atoms with Crippen LogP contribution in [-0.2, 0) is 38.1 Å². The second kappa shape index (κ2) is 10.3. The largest absolute Gasteiger partial charge is 0.462 e. The lowest BCUT2D eigenvalue weighted by Gasteiger charge is -2.55. The average Bonchev–Trinajstić information content (AvgIpc) is 2.99. The number of aliphatic hydroxyl groups excluding tert-OH is 1. The Balaban J connectivity index is 2.35. The lowest BCUT2D eigenvalue weighted by molar-refractivity contribution is -0.219. The lowest BCUT2D eigenvalue weighted by Crippen LogP contribution is -2.65. The lowest BCUT2D eigenvalue weighted by atomic mass is 9.55. The third-order valence-corrected chi connectivity index (χ3v) is 7.96. The maximum atomic E-state index is 12.7. The van der Waals surface area contributed by atoms with Crippen molar-refractivity contribution in [1.82, 2.24) is 0 Å². The summed E-state index contributed by atoms with van der Waals surface area (Å²) >= 11 is 0. The van der Waals surface area contributed by atoms with Crippen LogP contribution in [-0.4, -0.2) is 70.7 Å². The fraction of sp³-hybridized carbons (Fsp3) is 0.692. The third kappa shape index (κ3) is 4.80. The fourth-order valence-corrected chi connectivity index (χ4v) is 6.14. The summed E-state index contributed by atoms with van der Waals surface area (Å²) in [7, 11) is 0. The Labute approximate surface area is 210 Å². The zero-order valence-corrected chi connectivity index (χ0v) is 21.4. The molecule has 10 heteroatoms. The summed E-state index contributed by atoms with van der Waals surface area (Å²) < 4.78 is 22.8. The monoisotopic (exact) mass is 508 g/mol. The van der Waals surface area contributed by atoms with E-state index in [-0.39, 0.29) is 12.8 Å². The maximum absolute atomic E-state index is 12.7. The SMILES string of the molecule is C=C1CCC(OC(C)=O)C2(C)C(OC(C)=O)CCC(CO)=CC3OC(=O)C(C)C3(O)C(OC(C)=O)C12. The predicted octanol–water partition coefficient (Wildman–Crippen LogP) is 1.76. The molecule has 2 aliphatic carbocycles. The Morgan fingerprint density at radius 1 is 1.06 bits per heavy atom. The van der Waals surface area contributed by atoms with E-state index in [4.69, 9.17) is 18.9 Å². The van der Waals surface area contributed by atoms with Crippen molar-refractivity contribution in [2.75, 3.05) is 6.61 Å². The molecule has 3 aliphatic rings. The number of hydrogen-bond acceptors (Lipinski definition) is 10. The quantitative estimate of drug-likeness (QED) is 0.327. The van der Waals surface area contributed by atoms with Gasteiger partial charge in [0.2, 0.25) is 0 Å². The van der Waals surface area contributed by atoms with Crippen LogP contribution in [0.15, 0.2) is 23.8 Å². The van der Waals surface area contributed by atoms with Crippen LogP contribution in [0.3, 0.4) is 0 Å². The summed E-state index contributed by atoms with van der Waals surface area (Å²) in [5.74, 6) is -4.51. The van der Waals surface area contributed by atoms with Gasteiger partial charge in [-0.15, -0.1) is 0 Å². The van der Waals surface area contributed by atoms with Crippen molar-refractivity contribution in [3.63, 3.8) is 0 Å². The Kier molecular flexibility index (Phi) is 8.00. The van der Waals surface area contributed by atoms with Crippen molar-refractivity contribution >= 4 is 23.9 Å². The van der Waals surface area contributed by atoms with Crippen LogP contribution in [0.4, 0.5) is 0 Å². The van der Waals surface area contributed by atoms with E-state index in [1.165, 1.54) is 33.8 Å². The first-order valence-corrected chi connectivity index (χ1v) is 12.2. The van der Waals surface area contributed by atoms with Crippen LogP contribution < -0.4 is 0 Å². The third-order valence-electron chi connectivity index (χ3n) is 7.96. The van der Waals surface area contributed by atoms with Gasteiger partial charge in [-0.2, -0.15) is 0 Å². The number of hydrogen-bond donors (Lipinski definition) is 2. The van der Waals surface area contributed by atoms with Crippen LogP contribution in [0.5, 0.6) is 0 Å². The molecule has 1 saturated carbocycles. The van der Waals surface area contributed by atoms with Crippen molar-refractivity contribution in [2.45, 2.75) is 90.3 Å². The summed E-state index contributed by atoms with van der Waals surface area (Å²) in [6.45, 7) is 10.8. The number of ether oxygens (including phenoxy) is 4. The molecule has 0 radical (unpaired) electrons. The molecular weight excluding hydrogens is 472 g/mol. The van der Waals surface area contributed by atoms with Gasteiger partial charge in [-0.05, 0) is 44.3 Å². The van der Waals surface area contributed by atoms with Crippen molar-refractivity contribution in [1.29, 1.82) is 0 Å². The van der Waals surface area contributed by atoms with E-state index in [1.54, 1.807) is 6.92 Å². The van der Waals surface area contributed by atoms with Gasteiger partial charge >= 0.3 is 23.9 Å². The number of fused-ring (bicyclic) bond motifs is 2. The topological polar surface area (TPSA) is 146 Å². The molecule has 0 aromatic rings. The zero-order valence-electron chi connectivity index (χ0n) is 21.4. The highest BCUT2D eigenvalue weighted by atomic mass is 16.6. The predicted molar refractivity (Wildman–Crippen MR) is 125 cm³/mol. The van der Waals surface area contributed by atoms with Gasteiger partial charge in [0.15, 0.2) is 11.7 Å². The van der Waals surface area contributed by atoms with E-state index in [1.807, 2.05) is 0 Å².